The Morgan fingerprint density at radius 1 is 0.966 bits per heavy atom. The number of hydrogen-bond acceptors (Lipinski definition) is 5. The van der Waals surface area contributed by atoms with E-state index in [-0.39, 0.29) is 11.8 Å². The van der Waals surface area contributed by atoms with Crippen molar-refractivity contribution in [2.45, 2.75) is 0 Å². The monoisotopic (exact) mass is 405 g/mol. The van der Waals surface area contributed by atoms with Crippen LogP contribution in [0.1, 0.15) is 10.4 Å². The van der Waals surface area contributed by atoms with Crippen molar-refractivity contribution in [2.24, 2.45) is 0 Å². The van der Waals surface area contributed by atoms with E-state index < -0.39 is 0 Å². The lowest BCUT2D eigenvalue weighted by atomic mass is 10.1. The number of methoxy groups -OCH3 is 1. The van der Waals surface area contributed by atoms with Crippen LogP contribution in [0.5, 0.6) is 5.75 Å². The summed E-state index contributed by atoms with van der Waals surface area (Å²) in [5.41, 5.74) is 2.36. The molecule has 1 amide bonds. The van der Waals surface area contributed by atoms with Gasteiger partial charge in [-0.2, -0.15) is 0 Å². The summed E-state index contributed by atoms with van der Waals surface area (Å²) >= 11 is 5.89. The molecule has 0 aliphatic heterocycles. The number of amides is 1. The molecule has 1 aromatic heterocycles. The molecule has 1 heterocycles. The maximum Gasteiger partial charge on any atom is 0.255 e. The molecule has 0 bridgehead atoms. The van der Waals surface area contributed by atoms with Crippen molar-refractivity contribution >= 4 is 23.2 Å². The van der Waals surface area contributed by atoms with Gasteiger partial charge in [-0.3, -0.25) is 4.79 Å². The molecule has 0 radical (unpaired) electrons. The molecule has 3 aromatic carbocycles. The number of hydrogen-bond donors (Lipinski definition) is 1. The minimum Gasteiger partial charge on any atom is -0.497 e. The SMILES string of the molecule is COc1ccc(NC(=O)c2ccc(Cl)cc2)c(-c2nnc(-c3ccccc3)o2)c1. The van der Waals surface area contributed by atoms with Crippen LogP contribution in [0.2, 0.25) is 5.02 Å². The third-order valence-electron chi connectivity index (χ3n) is 4.26. The van der Waals surface area contributed by atoms with Gasteiger partial charge in [-0.25, -0.2) is 0 Å². The zero-order valence-corrected chi connectivity index (χ0v) is 16.2. The van der Waals surface area contributed by atoms with Crippen molar-refractivity contribution in [1.82, 2.24) is 10.2 Å². The number of benzene rings is 3. The molecule has 0 saturated carbocycles. The molecule has 0 saturated heterocycles. The summed E-state index contributed by atoms with van der Waals surface area (Å²) in [4.78, 5) is 12.6. The molecule has 7 heteroatoms. The third kappa shape index (κ3) is 4.12. The Kier molecular flexibility index (Phi) is 5.27. The normalized spacial score (nSPS) is 10.6. The van der Waals surface area contributed by atoms with Crippen LogP contribution >= 0.6 is 11.6 Å². The number of aromatic nitrogens is 2. The predicted octanol–water partition coefficient (Wildman–Crippen LogP) is 5.32. The molecule has 0 atom stereocenters. The Hall–Kier alpha value is -3.64. The molecule has 4 aromatic rings. The first-order valence-electron chi connectivity index (χ1n) is 8.78. The molecule has 29 heavy (non-hydrogen) atoms. The summed E-state index contributed by atoms with van der Waals surface area (Å²) in [5, 5.41) is 11.7. The molecule has 144 valence electrons. The van der Waals surface area contributed by atoms with Gasteiger partial charge in [0.05, 0.1) is 18.4 Å². The van der Waals surface area contributed by atoms with Crippen molar-refractivity contribution in [3.63, 3.8) is 0 Å². The van der Waals surface area contributed by atoms with Gasteiger partial charge in [-0.15, -0.1) is 10.2 Å². The fourth-order valence-corrected chi connectivity index (χ4v) is 2.89. The van der Waals surface area contributed by atoms with Gasteiger partial charge in [0.2, 0.25) is 11.8 Å². The highest BCUT2D eigenvalue weighted by atomic mass is 35.5. The van der Waals surface area contributed by atoms with Crippen LogP contribution in [0.15, 0.2) is 77.2 Å². The average Bonchev–Trinajstić information content (AvgIpc) is 3.25. The lowest BCUT2D eigenvalue weighted by Gasteiger charge is -2.10. The standard InChI is InChI=1S/C22H16ClN3O3/c1-28-17-11-12-19(24-20(27)14-7-9-16(23)10-8-14)18(13-17)22-26-25-21(29-22)15-5-3-2-4-6-15/h2-13H,1H3,(H,24,27). The van der Waals surface area contributed by atoms with Crippen molar-refractivity contribution in [2.75, 3.05) is 12.4 Å². The first kappa shape index (κ1) is 18.7. The van der Waals surface area contributed by atoms with Gasteiger partial charge in [0.1, 0.15) is 5.75 Å². The van der Waals surface area contributed by atoms with Gasteiger partial charge < -0.3 is 14.5 Å². The van der Waals surface area contributed by atoms with Gasteiger partial charge in [-0.1, -0.05) is 29.8 Å². The van der Waals surface area contributed by atoms with E-state index in [9.17, 15) is 4.79 Å². The van der Waals surface area contributed by atoms with Crippen molar-refractivity contribution in [3.05, 3.63) is 83.4 Å². The van der Waals surface area contributed by atoms with Gasteiger partial charge in [0.15, 0.2) is 0 Å². The Morgan fingerprint density at radius 2 is 1.69 bits per heavy atom. The highest BCUT2D eigenvalue weighted by Crippen LogP contribution is 2.33. The van der Waals surface area contributed by atoms with Gasteiger partial charge in [-0.05, 0) is 54.6 Å². The zero-order chi connectivity index (χ0) is 20.2. The topological polar surface area (TPSA) is 77.2 Å². The van der Waals surface area contributed by atoms with E-state index in [2.05, 4.69) is 15.5 Å². The van der Waals surface area contributed by atoms with Gasteiger partial charge in [0, 0.05) is 16.1 Å². The maximum absolute atomic E-state index is 12.6. The van der Waals surface area contributed by atoms with E-state index in [1.807, 2.05) is 30.3 Å². The Labute approximate surface area is 172 Å². The second-order valence-corrected chi connectivity index (χ2v) is 6.59. The van der Waals surface area contributed by atoms with Crippen LogP contribution in [-0.2, 0) is 0 Å². The third-order valence-corrected chi connectivity index (χ3v) is 4.51. The summed E-state index contributed by atoms with van der Waals surface area (Å²) in [5.74, 6) is 0.979. The van der Waals surface area contributed by atoms with E-state index in [0.29, 0.717) is 33.5 Å². The fourth-order valence-electron chi connectivity index (χ4n) is 2.76. The number of anilines is 1. The molecule has 0 fully saturated rings. The largest absolute Gasteiger partial charge is 0.497 e. The first-order valence-corrected chi connectivity index (χ1v) is 9.16. The smallest absolute Gasteiger partial charge is 0.255 e. The molecule has 0 spiro atoms. The van der Waals surface area contributed by atoms with Crippen LogP contribution in [0.3, 0.4) is 0 Å². The Balaban J connectivity index is 1.68. The highest BCUT2D eigenvalue weighted by molar-refractivity contribution is 6.30. The van der Waals surface area contributed by atoms with Gasteiger partial charge in [0.25, 0.3) is 5.91 Å². The Morgan fingerprint density at radius 3 is 2.41 bits per heavy atom. The van der Waals surface area contributed by atoms with Gasteiger partial charge >= 0.3 is 0 Å². The molecule has 0 aliphatic rings. The van der Waals surface area contributed by atoms with Crippen molar-refractivity contribution in [1.29, 1.82) is 0 Å². The van der Waals surface area contributed by atoms with Crippen LogP contribution in [0.4, 0.5) is 5.69 Å². The summed E-state index contributed by atoms with van der Waals surface area (Å²) in [6, 6.07) is 21.3. The first-order chi connectivity index (χ1) is 14.1. The number of nitrogens with zero attached hydrogens (tertiary/aromatic N) is 2. The summed E-state index contributed by atoms with van der Waals surface area (Å²) in [6.07, 6.45) is 0. The number of carbonyl (C=O) groups excluding carboxylic acids is 1. The van der Waals surface area contributed by atoms with Crippen LogP contribution in [-0.4, -0.2) is 23.2 Å². The molecular formula is C22H16ClN3O3. The van der Waals surface area contributed by atoms with E-state index in [0.717, 1.165) is 5.56 Å². The molecule has 1 N–H and O–H groups in total. The van der Waals surface area contributed by atoms with Crippen LogP contribution < -0.4 is 10.1 Å². The summed E-state index contributed by atoms with van der Waals surface area (Å²) in [6.45, 7) is 0. The fraction of sp³-hybridized carbons (Fsp3) is 0.0455. The lowest BCUT2D eigenvalue weighted by molar-refractivity contribution is 0.102. The van der Waals surface area contributed by atoms with Crippen molar-refractivity contribution < 1.29 is 13.9 Å². The number of rotatable bonds is 5. The second-order valence-electron chi connectivity index (χ2n) is 6.15. The quantitative estimate of drug-likeness (QED) is 0.486. The number of carbonyl (C=O) groups is 1. The molecule has 0 unspecified atom stereocenters. The lowest BCUT2D eigenvalue weighted by Crippen LogP contribution is -2.12. The number of halogens is 1. The zero-order valence-electron chi connectivity index (χ0n) is 15.4. The van der Waals surface area contributed by atoms with Crippen LogP contribution in [0.25, 0.3) is 22.9 Å². The van der Waals surface area contributed by atoms with E-state index in [1.54, 1.807) is 49.6 Å². The van der Waals surface area contributed by atoms with E-state index in [4.69, 9.17) is 20.8 Å². The minimum absolute atomic E-state index is 0.272. The average molecular weight is 406 g/mol. The Bertz CT molecular complexity index is 1140. The predicted molar refractivity (Wildman–Crippen MR) is 111 cm³/mol. The molecule has 6 nitrogen and oxygen atoms in total. The second kappa shape index (κ2) is 8.16. The molecule has 0 aliphatic carbocycles. The maximum atomic E-state index is 12.6. The molecule has 4 rings (SSSR count). The van der Waals surface area contributed by atoms with Crippen molar-refractivity contribution in [3.8, 4) is 28.7 Å². The van der Waals surface area contributed by atoms with E-state index >= 15 is 0 Å². The minimum atomic E-state index is -0.282. The summed E-state index contributed by atoms with van der Waals surface area (Å²) in [7, 11) is 1.56. The molecular weight excluding hydrogens is 390 g/mol. The highest BCUT2D eigenvalue weighted by Gasteiger charge is 2.17. The summed E-state index contributed by atoms with van der Waals surface area (Å²) < 4.78 is 11.2. The number of ether oxygens (including phenoxy) is 1. The van der Waals surface area contributed by atoms with E-state index in [1.165, 1.54) is 0 Å². The number of nitrogens with one attached hydrogen (secondary N) is 1. The van der Waals surface area contributed by atoms with Crippen LogP contribution in [0, 0.1) is 0 Å².